The van der Waals surface area contributed by atoms with E-state index in [2.05, 4.69) is 33.5 Å². The van der Waals surface area contributed by atoms with Crippen LogP contribution in [0.5, 0.6) is 0 Å². The number of ether oxygens (including phenoxy) is 1. The fourth-order valence-corrected chi connectivity index (χ4v) is 2.33. The number of carbonyl (C=O) groups is 1. The van der Waals surface area contributed by atoms with E-state index in [1.807, 2.05) is 18.2 Å². The maximum atomic E-state index is 12.0. The first-order valence-electron chi connectivity index (χ1n) is 6.12. The van der Waals surface area contributed by atoms with Crippen molar-refractivity contribution in [2.24, 2.45) is 0 Å². The molecule has 1 aliphatic heterocycles. The Morgan fingerprint density at radius 3 is 3.00 bits per heavy atom. The Morgan fingerprint density at radius 2 is 2.37 bits per heavy atom. The van der Waals surface area contributed by atoms with Crippen molar-refractivity contribution in [3.05, 3.63) is 28.2 Å². The van der Waals surface area contributed by atoms with Gasteiger partial charge in [0, 0.05) is 23.2 Å². The van der Waals surface area contributed by atoms with E-state index in [-0.39, 0.29) is 18.3 Å². The van der Waals surface area contributed by atoms with Gasteiger partial charge in [0.05, 0.1) is 6.61 Å². The average molecular weight is 350 g/mol. The van der Waals surface area contributed by atoms with E-state index in [1.54, 1.807) is 0 Å². The highest BCUT2D eigenvalue weighted by atomic mass is 79.9. The Labute approximate surface area is 127 Å². The summed E-state index contributed by atoms with van der Waals surface area (Å²) in [6.07, 6.45) is 0.478. The standard InChI is InChI=1S/C13H17BrN2O2.ClH/c1-2-9-7-10(14)3-4-11(9)16-13(17)12-8-15-5-6-18-12;/h3-4,7,12,15H,2,5-6,8H2,1H3,(H,16,17);1H. The van der Waals surface area contributed by atoms with E-state index in [4.69, 9.17) is 4.74 Å². The molecule has 1 aliphatic rings. The quantitative estimate of drug-likeness (QED) is 0.881. The molecule has 0 spiro atoms. The zero-order chi connectivity index (χ0) is 13.0. The lowest BCUT2D eigenvalue weighted by Crippen LogP contribution is -2.45. The van der Waals surface area contributed by atoms with Crippen molar-refractivity contribution >= 4 is 39.9 Å². The molecule has 1 unspecified atom stereocenters. The number of anilines is 1. The summed E-state index contributed by atoms with van der Waals surface area (Å²) in [4.78, 5) is 12.0. The first-order chi connectivity index (χ1) is 8.70. The summed E-state index contributed by atoms with van der Waals surface area (Å²) in [5.74, 6) is -0.0841. The number of rotatable bonds is 3. The van der Waals surface area contributed by atoms with Gasteiger partial charge in [-0.05, 0) is 30.2 Å². The lowest BCUT2D eigenvalue weighted by molar-refractivity contribution is -0.128. The molecule has 1 heterocycles. The van der Waals surface area contributed by atoms with Crippen molar-refractivity contribution < 1.29 is 9.53 Å². The Kier molecular flexibility index (Phi) is 6.79. The van der Waals surface area contributed by atoms with E-state index in [9.17, 15) is 4.79 Å². The third-order valence-corrected chi connectivity index (χ3v) is 3.42. The Hall–Kier alpha value is -0.620. The number of aryl methyl sites for hydroxylation is 1. The molecule has 1 aromatic rings. The fraction of sp³-hybridized carbons (Fsp3) is 0.462. The number of morpholine rings is 1. The van der Waals surface area contributed by atoms with Gasteiger partial charge in [-0.2, -0.15) is 0 Å². The number of hydrogen-bond acceptors (Lipinski definition) is 3. The molecular weight excluding hydrogens is 332 g/mol. The molecule has 19 heavy (non-hydrogen) atoms. The molecule has 0 bridgehead atoms. The minimum Gasteiger partial charge on any atom is -0.366 e. The second-order valence-corrected chi connectivity index (χ2v) is 5.12. The molecule has 106 valence electrons. The molecule has 0 radical (unpaired) electrons. The van der Waals surface area contributed by atoms with E-state index in [0.717, 1.165) is 28.7 Å². The van der Waals surface area contributed by atoms with E-state index < -0.39 is 6.10 Å². The van der Waals surface area contributed by atoms with Crippen molar-refractivity contribution in [2.45, 2.75) is 19.4 Å². The Morgan fingerprint density at radius 1 is 1.58 bits per heavy atom. The van der Waals surface area contributed by atoms with E-state index in [1.165, 1.54) is 0 Å². The Bertz CT molecular complexity index is 437. The molecule has 2 rings (SSSR count). The van der Waals surface area contributed by atoms with Crippen LogP contribution < -0.4 is 10.6 Å². The van der Waals surface area contributed by atoms with Gasteiger partial charge in [0.15, 0.2) is 0 Å². The van der Waals surface area contributed by atoms with Gasteiger partial charge in [0.1, 0.15) is 6.10 Å². The van der Waals surface area contributed by atoms with E-state index in [0.29, 0.717) is 13.2 Å². The molecule has 0 saturated carbocycles. The van der Waals surface area contributed by atoms with Crippen molar-refractivity contribution in [1.29, 1.82) is 0 Å². The Balaban J connectivity index is 0.00000180. The lowest BCUT2D eigenvalue weighted by Gasteiger charge is -2.23. The number of halogens is 2. The van der Waals surface area contributed by atoms with E-state index >= 15 is 0 Å². The van der Waals surface area contributed by atoms with Gasteiger partial charge < -0.3 is 15.4 Å². The van der Waals surface area contributed by atoms with Crippen molar-refractivity contribution in [2.75, 3.05) is 25.0 Å². The largest absolute Gasteiger partial charge is 0.366 e. The zero-order valence-electron chi connectivity index (χ0n) is 10.7. The molecule has 1 fully saturated rings. The van der Waals surface area contributed by atoms with Gasteiger partial charge in [-0.15, -0.1) is 12.4 Å². The predicted octanol–water partition coefficient (Wildman–Crippen LogP) is 2.36. The molecule has 1 aromatic carbocycles. The maximum absolute atomic E-state index is 12.0. The molecule has 4 nitrogen and oxygen atoms in total. The molecule has 0 aromatic heterocycles. The minimum atomic E-state index is -0.396. The topological polar surface area (TPSA) is 50.4 Å². The molecule has 6 heteroatoms. The van der Waals surface area contributed by atoms with Gasteiger partial charge in [0.2, 0.25) is 0 Å². The third-order valence-electron chi connectivity index (χ3n) is 2.93. The van der Waals surface area contributed by atoms with Crippen LogP contribution in [0.2, 0.25) is 0 Å². The van der Waals surface area contributed by atoms with Crippen LogP contribution in [0.15, 0.2) is 22.7 Å². The molecular formula is C13H18BrClN2O2. The van der Waals surface area contributed by atoms with Gasteiger partial charge in [-0.1, -0.05) is 22.9 Å². The number of hydrogen-bond donors (Lipinski definition) is 2. The highest BCUT2D eigenvalue weighted by molar-refractivity contribution is 9.10. The second-order valence-electron chi connectivity index (χ2n) is 4.21. The lowest BCUT2D eigenvalue weighted by atomic mass is 10.1. The zero-order valence-corrected chi connectivity index (χ0v) is 13.1. The summed E-state index contributed by atoms with van der Waals surface area (Å²) in [7, 11) is 0. The normalized spacial score (nSPS) is 18.5. The van der Waals surface area contributed by atoms with Crippen molar-refractivity contribution in [3.63, 3.8) is 0 Å². The summed E-state index contributed by atoms with van der Waals surface area (Å²) < 4.78 is 6.45. The number of nitrogens with one attached hydrogen (secondary N) is 2. The number of carbonyl (C=O) groups excluding carboxylic acids is 1. The van der Waals surface area contributed by atoms with Crippen LogP contribution in [-0.2, 0) is 16.0 Å². The summed E-state index contributed by atoms with van der Waals surface area (Å²) >= 11 is 3.43. The summed E-state index contributed by atoms with van der Waals surface area (Å²) in [6.45, 7) is 4.03. The van der Waals surface area contributed by atoms with Gasteiger partial charge >= 0.3 is 0 Å². The molecule has 1 amide bonds. The van der Waals surface area contributed by atoms with Gasteiger partial charge in [-0.3, -0.25) is 4.79 Å². The van der Waals surface area contributed by atoms with Crippen LogP contribution in [-0.4, -0.2) is 31.7 Å². The van der Waals surface area contributed by atoms with Crippen LogP contribution in [0.4, 0.5) is 5.69 Å². The van der Waals surface area contributed by atoms with Crippen molar-refractivity contribution in [3.8, 4) is 0 Å². The summed E-state index contributed by atoms with van der Waals surface area (Å²) in [5.41, 5.74) is 1.97. The number of amides is 1. The van der Waals surface area contributed by atoms with Crippen LogP contribution >= 0.6 is 28.3 Å². The van der Waals surface area contributed by atoms with Gasteiger partial charge in [0.25, 0.3) is 5.91 Å². The van der Waals surface area contributed by atoms with Crippen LogP contribution in [0.1, 0.15) is 12.5 Å². The third kappa shape index (κ3) is 4.45. The highest BCUT2D eigenvalue weighted by Gasteiger charge is 2.22. The molecule has 1 saturated heterocycles. The minimum absolute atomic E-state index is 0. The SMILES string of the molecule is CCc1cc(Br)ccc1NC(=O)C1CNCCO1.Cl. The van der Waals surface area contributed by atoms with Crippen LogP contribution in [0.3, 0.4) is 0 Å². The smallest absolute Gasteiger partial charge is 0.254 e. The summed E-state index contributed by atoms with van der Waals surface area (Å²) in [6, 6.07) is 5.86. The average Bonchev–Trinajstić information content (AvgIpc) is 2.41. The van der Waals surface area contributed by atoms with Gasteiger partial charge in [-0.25, -0.2) is 0 Å². The fourth-order valence-electron chi connectivity index (χ4n) is 1.92. The maximum Gasteiger partial charge on any atom is 0.254 e. The number of benzene rings is 1. The predicted molar refractivity (Wildman–Crippen MR) is 82.0 cm³/mol. The highest BCUT2D eigenvalue weighted by Crippen LogP contribution is 2.22. The van der Waals surface area contributed by atoms with Crippen LogP contribution in [0.25, 0.3) is 0 Å². The van der Waals surface area contributed by atoms with Crippen LogP contribution in [0, 0.1) is 0 Å². The van der Waals surface area contributed by atoms with Crippen molar-refractivity contribution in [1.82, 2.24) is 5.32 Å². The second kappa shape index (κ2) is 7.85. The summed E-state index contributed by atoms with van der Waals surface area (Å²) in [5, 5.41) is 6.08. The monoisotopic (exact) mass is 348 g/mol. The first kappa shape index (κ1) is 16.4. The first-order valence-corrected chi connectivity index (χ1v) is 6.91. The molecule has 1 atom stereocenters. The molecule has 2 N–H and O–H groups in total. The molecule has 0 aliphatic carbocycles.